The first-order chi connectivity index (χ1) is 19.8. The molecule has 0 aliphatic rings. The Morgan fingerprint density at radius 2 is 1.00 bits per heavy atom. The van der Waals surface area contributed by atoms with Gasteiger partial charge in [-0.2, -0.15) is 0 Å². The van der Waals surface area contributed by atoms with E-state index in [9.17, 15) is 0 Å². The summed E-state index contributed by atoms with van der Waals surface area (Å²) in [6, 6.07) is 8.09. The number of nitrogens with zero attached hydrogens (tertiary/aromatic N) is 2. The number of benzene rings is 1. The minimum absolute atomic E-state index is 0.781. The van der Waals surface area contributed by atoms with Crippen molar-refractivity contribution in [2.45, 2.75) is 162 Å². The Morgan fingerprint density at radius 1 is 0.550 bits per heavy atom. The SMILES string of the molecule is CCCCCCCCCCCCCCCC/C=C\Oc1ccc(-c2ncc(CCCCCCCCC)cn2)cc1. The van der Waals surface area contributed by atoms with Crippen molar-refractivity contribution < 1.29 is 4.74 Å². The first-order valence-corrected chi connectivity index (χ1v) is 17.1. The van der Waals surface area contributed by atoms with Crippen molar-refractivity contribution in [3.05, 3.63) is 54.6 Å². The highest BCUT2D eigenvalue weighted by Gasteiger charge is 2.03. The van der Waals surface area contributed by atoms with Crippen molar-refractivity contribution >= 4 is 0 Å². The van der Waals surface area contributed by atoms with Gasteiger partial charge in [-0.15, -0.1) is 0 Å². The molecule has 0 radical (unpaired) electrons. The lowest BCUT2D eigenvalue weighted by Gasteiger charge is -2.05. The van der Waals surface area contributed by atoms with E-state index >= 15 is 0 Å². The number of rotatable bonds is 26. The average Bonchev–Trinajstić information content (AvgIpc) is 2.99. The van der Waals surface area contributed by atoms with Crippen LogP contribution < -0.4 is 4.74 Å². The molecule has 2 rings (SSSR count). The fourth-order valence-corrected chi connectivity index (χ4v) is 5.25. The standard InChI is InChI=1S/C37H60N2O/c1-3-5-7-9-11-12-13-14-15-16-17-18-19-21-23-25-31-40-36-29-27-35(28-30-36)37-38-32-34(33-39-37)26-24-22-20-10-8-6-4-2/h25,27-33H,3-24,26H2,1-2H3/b31-25-. The number of aromatic nitrogens is 2. The molecule has 0 amide bonds. The third-order valence-electron chi connectivity index (χ3n) is 7.91. The number of allylic oxidation sites excluding steroid dienone is 1. The fourth-order valence-electron chi connectivity index (χ4n) is 5.25. The van der Waals surface area contributed by atoms with Crippen LogP contribution in [-0.2, 0) is 6.42 Å². The normalized spacial score (nSPS) is 11.4. The van der Waals surface area contributed by atoms with Crippen LogP contribution >= 0.6 is 0 Å². The molecular weight excluding hydrogens is 488 g/mol. The van der Waals surface area contributed by atoms with E-state index in [1.807, 2.05) is 42.9 Å². The van der Waals surface area contributed by atoms with Gasteiger partial charge in [0.05, 0.1) is 6.26 Å². The molecule has 0 fully saturated rings. The van der Waals surface area contributed by atoms with Crippen molar-refractivity contribution in [1.29, 1.82) is 0 Å². The summed E-state index contributed by atoms with van der Waals surface area (Å²) in [5.74, 6) is 1.64. The lowest BCUT2D eigenvalue weighted by molar-refractivity contribution is 0.477. The van der Waals surface area contributed by atoms with E-state index in [-0.39, 0.29) is 0 Å². The molecule has 0 aliphatic carbocycles. The molecule has 2 aromatic rings. The minimum atomic E-state index is 0.781. The Morgan fingerprint density at radius 3 is 1.50 bits per heavy atom. The van der Waals surface area contributed by atoms with Crippen molar-refractivity contribution in [2.24, 2.45) is 0 Å². The summed E-state index contributed by atoms with van der Waals surface area (Å²) in [4.78, 5) is 9.20. The molecule has 0 unspecified atom stereocenters. The van der Waals surface area contributed by atoms with Crippen LogP contribution in [0.3, 0.4) is 0 Å². The predicted molar refractivity (Wildman–Crippen MR) is 174 cm³/mol. The number of aryl methyl sites for hydroxylation is 1. The van der Waals surface area contributed by atoms with Gasteiger partial charge in [0.2, 0.25) is 0 Å². The molecule has 0 saturated carbocycles. The highest BCUT2D eigenvalue weighted by atomic mass is 16.5. The van der Waals surface area contributed by atoms with Crippen LogP contribution in [0.2, 0.25) is 0 Å². The maximum atomic E-state index is 5.80. The van der Waals surface area contributed by atoms with Crippen LogP contribution in [0.25, 0.3) is 11.4 Å². The summed E-state index contributed by atoms with van der Waals surface area (Å²) in [7, 11) is 0. The molecule has 224 valence electrons. The van der Waals surface area contributed by atoms with Gasteiger partial charge in [-0.1, -0.05) is 136 Å². The first kappa shape index (κ1) is 34.0. The van der Waals surface area contributed by atoms with E-state index < -0.39 is 0 Å². The lowest BCUT2D eigenvalue weighted by Crippen LogP contribution is -1.93. The number of unbranched alkanes of at least 4 members (excludes halogenated alkanes) is 20. The fraction of sp³-hybridized carbons (Fsp3) is 0.676. The van der Waals surface area contributed by atoms with Gasteiger partial charge in [-0.3, -0.25) is 0 Å². The smallest absolute Gasteiger partial charge is 0.159 e. The Bertz CT molecular complexity index is 843. The third-order valence-corrected chi connectivity index (χ3v) is 7.91. The number of hydrogen-bond acceptors (Lipinski definition) is 3. The summed E-state index contributed by atoms with van der Waals surface area (Å²) in [6.07, 6.45) is 39.1. The molecule has 1 aromatic heterocycles. The zero-order valence-corrected chi connectivity index (χ0v) is 26.2. The lowest BCUT2D eigenvalue weighted by atomic mass is 10.0. The van der Waals surface area contributed by atoms with Crippen LogP contribution in [0.5, 0.6) is 5.75 Å². The van der Waals surface area contributed by atoms with Crippen LogP contribution in [0, 0.1) is 0 Å². The minimum Gasteiger partial charge on any atom is -0.465 e. The van der Waals surface area contributed by atoms with E-state index in [0.29, 0.717) is 0 Å². The molecule has 1 heterocycles. The summed E-state index contributed by atoms with van der Waals surface area (Å²) in [6.45, 7) is 4.56. The van der Waals surface area contributed by atoms with E-state index in [0.717, 1.165) is 30.0 Å². The highest BCUT2D eigenvalue weighted by molar-refractivity contribution is 5.55. The van der Waals surface area contributed by atoms with Gasteiger partial charge in [0.25, 0.3) is 0 Å². The quantitative estimate of drug-likeness (QED) is 0.0866. The van der Waals surface area contributed by atoms with Gasteiger partial charge in [0, 0.05) is 18.0 Å². The van der Waals surface area contributed by atoms with Crippen molar-refractivity contribution in [3.63, 3.8) is 0 Å². The maximum Gasteiger partial charge on any atom is 0.159 e. The highest BCUT2D eigenvalue weighted by Crippen LogP contribution is 2.20. The summed E-state index contributed by atoms with van der Waals surface area (Å²) >= 11 is 0. The first-order valence-electron chi connectivity index (χ1n) is 17.1. The average molecular weight is 549 g/mol. The largest absolute Gasteiger partial charge is 0.465 e. The predicted octanol–water partition coefficient (Wildman–Crippen LogP) is 12.2. The Labute approximate surface area is 247 Å². The van der Waals surface area contributed by atoms with Gasteiger partial charge in [0.15, 0.2) is 5.82 Å². The van der Waals surface area contributed by atoms with E-state index in [1.54, 1.807) is 0 Å². The molecule has 0 N–H and O–H groups in total. The van der Waals surface area contributed by atoms with E-state index in [4.69, 9.17) is 4.74 Å². The van der Waals surface area contributed by atoms with Gasteiger partial charge in [-0.25, -0.2) is 9.97 Å². The van der Waals surface area contributed by atoms with Crippen LogP contribution in [-0.4, -0.2) is 9.97 Å². The van der Waals surface area contributed by atoms with Gasteiger partial charge in [-0.05, 0) is 61.6 Å². The molecule has 0 aliphatic heterocycles. The third kappa shape index (κ3) is 17.5. The van der Waals surface area contributed by atoms with Crippen molar-refractivity contribution in [2.75, 3.05) is 0 Å². The molecule has 3 heteroatoms. The monoisotopic (exact) mass is 548 g/mol. The van der Waals surface area contributed by atoms with Gasteiger partial charge in [0.1, 0.15) is 5.75 Å². The number of ether oxygens (including phenoxy) is 1. The van der Waals surface area contributed by atoms with Crippen molar-refractivity contribution in [3.8, 4) is 17.1 Å². The van der Waals surface area contributed by atoms with Crippen molar-refractivity contribution in [1.82, 2.24) is 9.97 Å². The molecule has 0 spiro atoms. The van der Waals surface area contributed by atoms with E-state index in [2.05, 4.69) is 29.9 Å². The van der Waals surface area contributed by atoms with E-state index in [1.165, 1.54) is 140 Å². The Kier molecular flexibility index (Phi) is 21.0. The van der Waals surface area contributed by atoms with Crippen LogP contribution in [0.1, 0.15) is 161 Å². The molecule has 3 nitrogen and oxygen atoms in total. The Balaban J connectivity index is 1.47. The molecule has 0 bridgehead atoms. The second-order valence-corrected chi connectivity index (χ2v) is 11.7. The summed E-state index contributed by atoms with van der Waals surface area (Å²) < 4.78 is 5.80. The zero-order valence-electron chi connectivity index (χ0n) is 26.2. The maximum absolute atomic E-state index is 5.80. The van der Waals surface area contributed by atoms with Gasteiger partial charge >= 0.3 is 0 Å². The summed E-state index contributed by atoms with van der Waals surface area (Å²) in [5.41, 5.74) is 2.27. The summed E-state index contributed by atoms with van der Waals surface area (Å²) in [5, 5.41) is 0. The van der Waals surface area contributed by atoms with Crippen LogP contribution in [0.15, 0.2) is 49.0 Å². The molecule has 40 heavy (non-hydrogen) atoms. The molecule has 0 atom stereocenters. The second kappa shape index (κ2) is 24.6. The molecular formula is C37H60N2O. The Hall–Kier alpha value is -2.16. The zero-order chi connectivity index (χ0) is 28.4. The van der Waals surface area contributed by atoms with Gasteiger partial charge < -0.3 is 4.74 Å². The molecule has 0 saturated heterocycles. The van der Waals surface area contributed by atoms with Crippen LogP contribution in [0.4, 0.5) is 0 Å². The number of hydrogen-bond donors (Lipinski definition) is 0. The topological polar surface area (TPSA) is 35.0 Å². The second-order valence-electron chi connectivity index (χ2n) is 11.7. The molecule has 1 aromatic carbocycles.